The van der Waals surface area contributed by atoms with Crippen molar-refractivity contribution in [2.75, 3.05) is 33.3 Å². The van der Waals surface area contributed by atoms with Crippen molar-refractivity contribution < 1.29 is 22.7 Å². The number of pyridine rings is 1. The summed E-state index contributed by atoms with van der Waals surface area (Å²) in [6.07, 6.45) is -3.41. The Hall–Kier alpha value is -1.87. The van der Waals surface area contributed by atoms with Gasteiger partial charge in [-0.25, -0.2) is 0 Å². The summed E-state index contributed by atoms with van der Waals surface area (Å²) < 4.78 is 45.8. The first kappa shape index (κ1) is 22.4. The molecule has 2 rings (SSSR count). The van der Waals surface area contributed by atoms with Crippen LogP contribution in [0.3, 0.4) is 0 Å². The number of alkyl halides is 3. The molecule has 0 unspecified atom stereocenters. The molecule has 0 bridgehead atoms. The number of hydrogen-bond acceptors (Lipinski definition) is 4. The van der Waals surface area contributed by atoms with E-state index >= 15 is 0 Å². The van der Waals surface area contributed by atoms with Crippen LogP contribution in [0.15, 0.2) is 16.9 Å². The first-order valence-electron chi connectivity index (χ1n) is 9.47. The molecule has 1 N–H and O–H groups in total. The lowest BCUT2D eigenvalue weighted by molar-refractivity contribution is -0.144. The molecule has 0 atom stereocenters. The second kappa shape index (κ2) is 9.56. The third-order valence-corrected chi connectivity index (χ3v) is 4.83. The van der Waals surface area contributed by atoms with Crippen LogP contribution in [-0.4, -0.2) is 54.8 Å². The largest absolute Gasteiger partial charge is 0.431 e. The zero-order valence-corrected chi connectivity index (χ0v) is 16.5. The monoisotopic (exact) mass is 403 g/mol. The third kappa shape index (κ3) is 5.81. The Balaban J connectivity index is 2.11. The van der Waals surface area contributed by atoms with Gasteiger partial charge in [-0.3, -0.25) is 14.5 Å². The number of carbonyl (C=O) groups is 1. The number of nitrogens with zero attached hydrogens (tertiary/aromatic N) is 2. The minimum Gasteiger partial charge on any atom is -0.379 e. The second-order valence-corrected chi connectivity index (χ2v) is 7.50. The summed E-state index contributed by atoms with van der Waals surface area (Å²) in [5.41, 5.74) is -2.20. The van der Waals surface area contributed by atoms with Crippen molar-refractivity contribution >= 4 is 5.91 Å². The zero-order chi connectivity index (χ0) is 20.9. The SMILES string of the molecule is COC1CN(CCCn2c(C(F)(F)F)ccc(C(=O)NCCC(C)C)c2=O)C1. The predicted molar refractivity (Wildman–Crippen MR) is 99.3 cm³/mol. The Kier molecular flexibility index (Phi) is 7.65. The van der Waals surface area contributed by atoms with Crippen molar-refractivity contribution in [1.29, 1.82) is 0 Å². The lowest BCUT2D eigenvalue weighted by Gasteiger charge is -2.38. The van der Waals surface area contributed by atoms with Crippen LogP contribution < -0.4 is 10.9 Å². The molecular formula is C19H28F3N3O3. The quantitative estimate of drug-likeness (QED) is 0.688. The van der Waals surface area contributed by atoms with Crippen molar-refractivity contribution in [3.8, 4) is 0 Å². The van der Waals surface area contributed by atoms with E-state index in [-0.39, 0.29) is 18.2 Å². The Morgan fingerprint density at radius 2 is 1.96 bits per heavy atom. The lowest BCUT2D eigenvalue weighted by atomic mass is 10.1. The van der Waals surface area contributed by atoms with E-state index in [0.717, 1.165) is 31.6 Å². The van der Waals surface area contributed by atoms with Gasteiger partial charge in [0.05, 0.1) is 6.10 Å². The fraction of sp³-hybridized carbons (Fsp3) is 0.684. The maximum atomic E-state index is 13.3. The lowest BCUT2D eigenvalue weighted by Crippen LogP contribution is -2.52. The van der Waals surface area contributed by atoms with Crippen LogP contribution >= 0.6 is 0 Å². The smallest absolute Gasteiger partial charge is 0.379 e. The second-order valence-electron chi connectivity index (χ2n) is 7.50. The minimum atomic E-state index is -4.66. The summed E-state index contributed by atoms with van der Waals surface area (Å²) >= 11 is 0. The Bertz CT molecular complexity index is 725. The summed E-state index contributed by atoms with van der Waals surface area (Å²) in [6, 6.07) is 1.77. The van der Waals surface area contributed by atoms with E-state index in [0.29, 0.717) is 30.0 Å². The summed E-state index contributed by atoms with van der Waals surface area (Å²) in [5.74, 6) is -0.275. The molecule has 0 radical (unpaired) electrons. The number of likely N-dealkylation sites (tertiary alicyclic amines) is 1. The molecule has 158 valence electrons. The van der Waals surface area contributed by atoms with Crippen LogP contribution in [0.5, 0.6) is 0 Å². The normalized spacial score (nSPS) is 15.7. The summed E-state index contributed by atoms with van der Waals surface area (Å²) in [4.78, 5) is 26.9. The fourth-order valence-corrected chi connectivity index (χ4v) is 3.10. The molecule has 1 aromatic heterocycles. The van der Waals surface area contributed by atoms with Gasteiger partial charge in [-0.05, 0) is 30.9 Å². The highest BCUT2D eigenvalue weighted by atomic mass is 19.4. The van der Waals surface area contributed by atoms with Crippen LogP contribution in [0.2, 0.25) is 0 Å². The van der Waals surface area contributed by atoms with Gasteiger partial charge in [-0.2, -0.15) is 13.2 Å². The Morgan fingerprint density at radius 3 is 2.54 bits per heavy atom. The molecule has 1 amide bonds. The van der Waals surface area contributed by atoms with Crippen LogP contribution in [-0.2, 0) is 17.5 Å². The highest BCUT2D eigenvalue weighted by molar-refractivity contribution is 5.93. The standard InChI is InChI=1S/C19H28F3N3O3/c1-13(2)7-8-23-17(26)15-5-6-16(19(20,21)22)25(18(15)27)10-4-9-24-11-14(12-24)28-3/h5-6,13-14H,4,7-12H2,1-3H3,(H,23,26). The molecule has 0 aliphatic carbocycles. The molecule has 0 spiro atoms. The number of ether oxygens (including phenoxy) is 1. The summed E-state index contributed by atoms with van der Waals surface area (Å²) in [5, 5.41) is 2.60. The molecule has 1 aliphatic heterocycles. The van der Waals surface area contributed by atoms with E-state index in [4.69, 9.17) is 4.74 Å². The summed E-state index contributed by atoms with van der Waals surface area (Å²) in [7, 11) is 1.62. The molecule has 6 nitrogen and oxygen atoms in total. The van der Waals surface area contributed by atoms with E-state index in [1.54, 1.807) is 7.11 Å². The first-order valence-corrected chi connectivity index (χ1v) is 9.47. The van der Waals surface area contributed by atoms with Gasteiger partial charge in [0.15, 0.2) is 0 Å². The van der Waals surface area contributed by atoms with Crippen molar-refractivity contribution in [2.24, 2.45) is 5.92 Å². The number of methoxy groups -OCH3 is 1. The maximum absolute atomic E-state index is 13.3. The number of rotatable bonds is 9. The van der Waals surface area contributed by atoms with Crippen LogP contribution in [0.1, 0.15) is 42.7 Å². The van der Waals surface area contributed by atoms with Crippen molar-refractivity contribution in [3.63, 3.8) is 0 Å². The van der Waals surface area contributed by atoms with E-state index < -0.39 is 23.3 Å². The van der Waals surface area contributed by atoms with Gasteiger partial charge < -0.3 is 14.6 Å². The number of nitrogens with one attached hydrogen (secondary N) is 1. The van der Waals surface area contributed by atoms with E-state index in [2.05, 4.69) is 10.2 Å². The minimum absolute atomic E-state index is 0.102. The molecule has 2 heterocycles. The molecule has 1 aromatic rings. The van der Waals surface area contributed by atoms with E-state index in [9.17, 15) is 22.8 Å². The number of halogens is 3. The van der Waals surface area contributed by atoms with E-state index in [1.807, 2.05) is 13.8 Å². The first-order chi connectivity index (χ1) is 13.1. The van der Waals surface area contributed by atoms with Gasteiger partial charge in [0.25, 0.3) is 11.5 Å². The van der Waals surface area contributed by atoms with Crippen LogP contribution in [0, 0.1) is 5.92 Å². The third-order valence-electron chi connectivity index (χ3n) is 4.83. The Morgan fingerprint density at radius 1 is 1.29 bits per heavy atom. The predicted octanol–water partition coefficient (Wildman–Crippen LogP) is 2.36. The summed E-state index contributed by atoms with van der Waals surface area (Å²) in [6.45, 7) is 6.27. The fourth-order valence-electron chi connectivity index (χ4n) is 3.10. The zero-order valence-electron chi connectivity index (χ0n) is 16.5. The molecule has 9 heteroatoms. The molecule has 1 saturated heterocycles. The number of aromatic nitrogens is 1. The maximum Gasteiger partial charge on any atom is 0.431 e. The topological polar surface area (TPSA) is 63.6 Å². The number of carbonyl (C=O) groups excluding carboxylic acids is 1. The molecule has 1 fully saturated rings. The van der Waals surface area contributed by atoms with Crippen molar-refractivity contribution in [3.05, 3.63) is 33.7 Å². The number of amides is 1. The van der Waals surface area contributed by atoms with Gasteiger partial charge in [0, 0.05) is 39.8 Å². The van der Waals surface area contributed by atoms with E-state index in [1.165, 1.54) is 0 Å². The van der Waals surface area contributed by atoms with Crippen molar-refractivity contribution in [2.45, 2.75) is 45.5 Å². The average Bonchev–Trinajstić information content (AvgIpc) is 2.56. The highest BCUT2D eigenvalue weighted by Crippen LogP contribution is 2.28. The van der Waals surface area contributed by atoms with Crippen LogP contribution in [0.25, 0.3) is 0 Å². The average molecular weight is 403 g/mol. The number of hydrogen-bond donors (Lipinski definition) is 1. The van der Waals surface area contributed by atoms with Crippen molar-refractivity contribution in [1.82, 2.24) is 14.8 Å². The highest BCUT2D eigenvalue weighted by Gasteiger charge is 2.35. The molecule has 0 aromatic carbocycles. The molecule has 0 saturated carbocycles. The molecule has 1 aliphatic rings. The van der Waals surface area contributed by atoms with Crippen LogP contribution in [0.4, 0.5) is 13.2 Å². The van der Waals surface area contributed by atoms with Gasteiger partial charge in [0.2, 0.25) is 0 Å². The van der Waals surface area contributed by atoms with Gasteiger partial charge in [0.1, 0.15) is 11.3 Å². The van der Waals surface area contributed by atoms with Gasteiger partial charge in [-0.1, -0.05) is 13.8 Å². The van der Waals surface area contributed by atoms with Gasteiger partial charge >= 0.3 is 6.18 Å². The molecular weight excluding hydrogens is 375 g/mol. The Labute approximate surface area is 162 Å². The molecule has 28 heavy (non-hydrogen) atoms. The van der Waals surface area contributed by atoms with Gasteiger partial charge in [-0.15, -0.1) is 0 Å².